The lowest BCUT2D eigenvalue weighted by atomic mass is 9.86. The smallest absolute Gasteiger partial charge is 0.306 e. The first kappa shape index (κ1) is 26.2. The Hall–Kier alpha value is -5.45. The minimum Gasteiger partial charge on any atom is -0.507 e. The van der Waals surface area contributed by atoms with Gasteiger partial charge in [-0.05, 0) is 35.7 Å². The van der Waals surface area contributed by atoms with Crippen LogP contribution in [0.15, 0.2) is 68.6 Å². The van der Waals surface area contributed by atoms with Crippen LogP contribution in [0.5, 0.6) is 28.7 Å². The van der Waals surface area contributed by atoms with Crippen LogP contribution in [-0.2, 0) is 16.6 Å². The van der Waals surface area contributed by atoms with Gasteiger partial charge in [0.25, 0.3) is 5.56 Å². The molecule has 0 unspecified atom stereocenters. The zero-order chi connectivity index (χ0) is 28.9. The highest BCUT2D eigenvalue weighted by molar-refractivity contribution is 5.92. The number of benzene rings is 3. The van der Waals surface area contributed by atoms with Crippen molar-refractivity contribution in [1.82, 2.24) is 4.57 Å². The maximum Gasteiger partial charge on any atom is 0.306 e. The molecule has 204 valence electrons. The molecule has 1 atom stereocenters. The molecule has 2 heterocycles. The minimum absolute atomic E-state index is 0.0216. The third-order valence-electron chi connectivity index (χ3n) is 6.86. The average Bonchev–Trinajstić information content (AvgIpc) is 2.93. The molecule has 0 bridgehead atoms. The maximum absolute atomic E-state index is 13.6. The van der Waals surface area contributed by atoms with E-state index in [1.807, 2.05) is 0 Å². The number of ether oxygens (including phenoxy) is 1. The van der Waals surface area contributed by atoms with Gasteiger partial charge in [-0.2, -0.15) is 0 Å². The molecule has 0 saturated heterocycles. The van der Waals surface area contributed by atoms with E-state index in [-0.39, 0.29) is 16.7 Å². The summed E-state index contributed by atoms with van der Waals surface area (Å²) in [5.41, 5.74) is -1.53. The summed E-state index contributed by atoms with van der Waals surface area (Å²) in [6.07, 6.45) is -0.461. The maximum atomic E-state index is 13.6. The third kappa shape index (κ3) is 4.13. The predicted molar refractivity (Wildman–Crippen MR) is 144 cm³/mol. The number of aromatic hydroxyl groups is 5. The highest BCUT2D eigenvalue weighted by Crippen LogP contribution is 2.44. The number of pyridine rings is 1. The molecule has 2 aromatic heterocycles. The van der Waals surface area contributed by atoms with Crippen LogP contribution in [-0.4, -0.2) is 43.2 Å². The van der Waals surface area contributed by atoms with Crippen molar-refractivity contribution in [3.05, 3.63) is 86.3 Å². The lowest BCUT2D eigenvalue weighted by molar-refractivity contribution is -0.140. The fourth-order valence-corrected chi connectivity index (χ4v) is 4.86. The molecule has 0 amide bonds. The van der Waals surface area contributed by atoms with Crippen LogP contribution < -0.4 is 11.0 Å². The molecule has 5 N–H and O–H groups in total. The summed E-state index contributed by atoms with van der Waals surface area (Å²) in [6.45, 7) is 0. The Balaban J connectivity index is 1.90. The van der Waals surface area contributed by atoms with E-state index in [2.05, 4.69) is 0 Å². The Morgan fingerprint density at radius 3 is 2.35 bits per heavy atom. The van der Waals surface area contributed by atoms with Gasteiger partial charge in [-0.25, -0.2) is 0 Å². The number of phenolic OH excluding ortho intramolecular Hbond substituents is 4. The Morgan fingerprint density at radius 1 is 0.925 bits per heavy atom. The molecule has 0 aliphatic carbocycles. The van der Waals surface area contributed by atoms with E-state index in [0.717, 1.165) is 25.3 Å². The number of esters is 1. The van der Waals surface area contributed by atoms with Gasteiger partial charge in [0.2, 0.25) is 11.2 Å². The van der Waals surface area contributed by atoms with Crippen LogP contribution in [0.3, 0.4) is 0 Å². The molecular formula is C29H23NO10. The molecule has 0 aliphatic rings. The van der Waals surface area contributed by atoms with Crippen molar-refractivity contribution >= 4 is 27.8 Å². The summed E-state index contributed by atoms with van der Waals surface area (Å²) in [5, 5.41) is 52.1. The Morgan fingerprint density at radius 2 is 1.65 bits per heavy atom. The zero-order valence-corrected chi connectivity index (χ0v) is 21.2. The molecule has 40 heavy (non-hydrogen) atoms. The minimum atomic E-state index is -1.23. The lowest BCUT2D eigenvalue weighted by Gasteiger charge is -2.21. The van der Waals surface area contributed by atoms with Gasteiger partial charge in [-0.3, -0.25) is 14.4 Å². The predicted octanol–water partition coefficient (Wildman–Crippen LogP) is 3.53. The largest absolute Gasteiger partial charge is 0.507 e. The number of aryl methyl sites for hydroxylation is 1. The first-order chi connectivity index (χ1) is 19.0. The molecule has 11 heteroatoms. The summed E-state index contributed by atoms with van der Waals surface area (Å²) >= 11 is 0. The van der Waals surface area contributed by atoms with Crippen molar-refractivity contribution < 1.29 is 39.5 Å². The Labute approximate surface area is 225 Å². The van der Waals surface area contributed by atoms with Crippen LogP contribution in [0.4, 0.5) is 0 Å². The number of hydrogen-bond acceptors (Lipinski definition) is 10. The average molecular weight is 546 g/mol. The molecule has 0 radical (unpaired) electrons. The number of para-hydroxylation sites is 1. The second kappa shape index (κ2) is 9.70. The van der Waals surface area contributed by atoms with Crippen LogP contribution in [0.1, 0.15) is 23.5 Å². The van der Waals surface area contributed by atoms with E-state index in [0.29, 0.717) is 10.9 Å². The van der Waals surface area contributed by atoms with Crippen molar-refractivity contribution in [2.75, 3.05) is 7.11 Å². The quantitative estimate of drug-likeness (QED) is 0.162. The number of rotatable bonds is 5. The third-order valence-corrected chi connectivity index (χ3v) is 6.86. The van der Waals surface area contributed by atoms with Crippen molar-refractivity contribution in [3.63, 3.8) is 0 Å². The molecule has 0 aliphatic heterocycles. The summed E-state index contributed by atoms with van der Waals surface area (Å²) in [6, 6.07) is 12.8. The van der Waals surface area contributed by atoms with Gasteiger partial charge in [0, 0.05) is 35.7 Å². The molecule has 11 nitrogen and oxygen atoms in total. The molecular weight excluding hydrogens is 522 g/mol. The van der Waals surface area contributed by atoms with Crippen LogP contribution in [0, 0.1) is 0 Å². The monoisotopic (exact) mass is 545 g/mol. The summed E-state index contributed by atoms with van der Waals surface area (Å²) in [4.78, 5) is 39.4. The Bertz CT molecular complexity index is 1950. The molecule has 0 fully saturated rings. The van der Waals surface area contributed by atoms with Crippen LogP contribution >= 0.6 is 0 Å². The van der Waals surface area contributed by atoms with Gasteiger partial charge in [0.15, 0.2) is 17.3 Å². The normalized spacial score (nSPS) is 12.1. The molecule has 0 saturated carbocycles. The summed E-state index contributed by atoms with van der Waals surface area (Å²) in [5.74, 6) is -5.70. The van der Waals surface area contributed by atoms with Gasteiger partial charge >= 0.3 is 5.97 Å². The summed E-state index contributed by atoms with van der Waals surface area (Å²) in [7, 11) is 2.70. The topological polar surface area (TPSA) is 180 Å². The van der Waals surface area contributed by atoms with Gasteiger partial charge in [0.05, 0.1) is 19.0 Å². The number of aromatic nitrogens is 1. The number of hydrogen-bond donors (Lipinski definition) is 5. The lowest BCUT2D eigenvalue weighted by Crippen LogP contribution is -2.25. The number of carbonyl (C=O) groups excluding carboxylic acids is 1. The molecule has 0 spiro atoms. The SMILES string of the molecule is COC(=O)C[C@H](c1cc2ccccc2n(C)c1=O)c1c(O)cc(O)c2c(=O)c(O)c(-c3ccc(O)c(O)c3)oc12. The van der Waals surface area contributed by atoms with E-state index >= 15 is 0 Å². The van der Waals surface area contributed by atoms with Crippen molar-refractivity contribution in [3.8, 4) is 40.1 Å². The van der Waals surface area contributed by atoms with Crippen molar-refractivity contribution in [2.24, 2.45) is 7.05 Å². The van der Waals surface area contributed by atoms with Gasteiger partial charge in [0.1, 0.15) is 22.5 Å². The number of phenols is 4. The van der Waals surface area contributed by atoms with E-state index < -0.39 is 74.8 Å². The first-order valence-corrected chi connectivity index (χ1v) is 12.0. The highest BCUT2D eigenvalue weighted by atomic mass is 16.5. The Kier molecular flexibility index (Phi) is 6.34. The number of methoxy groups -OCH3 is 1. The molecule has 5 aromatic rings. The van der Waals surface area contributed by atoms with E-state index in [4.69, 9.17) is 9.15 Å². The van der Waals surface area contributed by atoms with E-state index in [1.54, 1.807) is 37.4 Å². The van der Waals surface area contributed by atoms with Crippen molar-refractivity contribution in [1.29, 1.82) is 0 Å². The van der Waals surface area contributed by atoms with Crippen LogP contribution in [0.25, 0.3) is 33.2 Å². The first-order valence-electron chi connectivity index (χ1n) is 12.0. The molecule has 5 rings (SSSR count). The van der Waals surface area contributed by atoms with Gasteiger partial charge < -0.3 is 39.3 Å². The van der Waals surface area contributed by atoms with E-state index in [9.17, 15) is 39.9 Å². The van der Waals surface area contributed by atoms with Crippen LogP contribution in [0.2, 0.25) is 0 Å². The number of carbonyl (C=O) groups is 1. The summed E-state index contributed by atoms with van der Waals surface area (Å²) < 4.78 is 12.1. The van der Waals surface area contributed by atoms with Crippen molar-refractivity contribution in [2.45, 2.75) is 12.3 Å². The van der Waals surface area contributed by atoms with Gasteiger partial charge in [-0.15, -0.1) is 0 Å². The number of nitrogens with zero attached hydrogens (tertiary/aromatic N) is 1. The zero-order valence-electron chi connectivity index (χ0n) is 21.2. The number of fused-ring (bicyclic) bond motifs is 2. The fraction of sp³-hybridized carbons (Fsp3) is 0.138. The fourth-order valence-electron chi connectivity index (χ4n) is 4.86. The highest BCUT2D eigenvalue weighted by Gasteiger charge is 2.31. The second-order valence-electron chi connectivity index (χ2n) is 9.20. The van der Waals surface area contributed by atoms with Gasteiger partial charge in [-0.1, -0.05) is 18.2 Å². The standard InChI is InChI=1S/C29H23NO10/c1-30-17-6-4-3-5-13(17)9-16(29(30)38)15(11-22(35)39-2)23-20(33)12-21(34)24-25(36)26(37)27(40-28(23)24)14-7-8-18(31)19(32)10-14/h3-10,12,15,31-34,37H,11H2,1-2H3/t15-/m1/s1. The van der Waals surface area contributed by atoms with E-state index in [1.165, 1.54) is 10.6 Å². The molecule has 3 aromatic carbocycles. The second-order valence-corrected chi connectivity index (χ2v) is 9.20.